The van der Waals surface area contributed by atoms with Gasteiger partial charge in [0.1, 0.15) is 12.4 Å². The molecule has 0 aliphatic rings. The highest BCUT2D eigenvalue weighted by molar-refractivity contribution is 9.10. The highest BCUT2D eigenvalue weighted by Gasteiger charge is 1.92. The molecule has 1 aromatic carbocycles. The highest BCUT2D eigenvalue weighted by Crippen LogP contribution is 2.15. The van der Waals surface area contributed by atoms with Gasteiger partial charge in [-0.3, -0.25) is 0 Å². The fraction of sp³-hybridized carbons (Fsp3) is 0.385. The van der Waals surface area contributed by atoms with Crippen LogP contribution in [0.2, 0.25) is 0 Å². The van der Waals surface area contributed by atoms with Crippen LogP contribution in [0.5, 0.6) is 5.75 Å². The molecule has 0 unspecified atom stereocenters. The van der Waals surface area contributed by atoms with E-state index in [0.29, 0.717) is 6.61 Å². The van der Waals surface area contributed by atoms with Crippen molar-refractivity contribution in [2.24, 2.45) is 0 Å². The van der Waals surface area contributed by atoms with Crippen molar-refractivity contribution in [1.29, 1.82) is 0 Å². The molecule has 88 valence electrons. The van der Waals surface area contributed by atoms with Gasteiger partial charge in [0.05, 0.1) is 0 Å². The first-order valence-corrected chi connectivity index (χ1v) is 6.32. The summed E-state index contributed by atoms with van der Waals surface area (Å²) in [5.41, 5.74) is 0. The quantitative estimate of drug-likeness (QED) is 0.612. The normalized spacial score (nSPS) is 10.9. The Morgan fingerprint density at radius 1 is 1.25 bits per heavy atom. The minimum atomic E-state index is 0.706. The average Bonchev–Trinajstić information content (AvgIpc) is 2.30. The van der Waals surface area contributed by atoms with Crippen molar-refractivity contribution in [2.45, 2.75) is 13.3 Å². The Hall–Kier alpha value is -0.800. The van der Waals surface area contributed by atoms with E-state index in [9.17, 15) is 0 Å². The van der Waals surface area contributed by atoms with Gasteiger partial charge in [0, 0.05) is 11.0 Å². The molecule has 16 heavy (non-hydrogen) atoms. The minimum absolute atomic E-state index is 0.706. The number of ether oxygens (including phenoxy) is 1. The molecule has 0 saturated heterocycles. The van der Waals surface area contributed by atoms with Gasteiger partial charge in [0.2, 0.25) is 0 Å². The fourth-order valence-corrected chi connectivity index (χ4v) is 1.51. The third-order valence-electron chi connectivity index (χ3n) is 2.08. The highest BCUT2D eigenvalue weighted by atomic mass is 79.9. The number of nitrogens with one attached hydrogen (secondary N) is 1. The molecule has 0 bridgehead atoms. The van der Waals surface area contributed by atoms with Gasteiger partial charge in [-0.25, -0.2) is 0 Å². The van der Waals surface area contributed by atoms with Gasteiger partial charge in [-0.15, -0.1) is 0 Å². The molecular weight excluding hydrogens is 266 g/mol. The zero-order chi connectivity index (χ0) is 11.6. The Bertz CT molecular complexity index is 308. The number of halogens is 1. The zero-order valence-electron chi connectivity index (χ0n) is 9.58. The van der Waals surface area contributed by atoms with Crippen LogP contribution in [-0.2, 0) is 0 Å². The molecule has 0 atom stereocenters. The lowest BCUT2D eigenvalue weighted by Crippen LogP contribution is -2.21. The first kappa shape index (κ1) is 13.3. The van der Waals surface area contributed by atoms with Crippen LogP contribution in [0, 0.1) is 0 Å². The zero-order valence-corrected chi connectivity index (χ0v) is 11.2. The number of hydrogen-bond acceptors (Lipinski definition) is 2. The van der Waals surface area contributed by atoms with Crippen molar-refractivity contribution in [2.75, 3.05) is 19.7 Å². The maximum absolute atomic E-state index is 5.57. The maximum Gasteiger partial charge on any atom is 0.119 e. The van der Waals surface area contributed by atoms with Crippen LogP contribution in [0.3, 0.4) is 0 Å². The Kier molecular flexibility index (Phi) is 6.93. The summed E-state index contributed by atoms with van der Waals surface area (Å²) in [5, 5.41) is 3.32. The van der Waals surface area contributed by atoms with E-state index in [1.807, 2.05) is 31.2 Å². The molecule has 1 rings (SSSR count). The Morgan fingerprint density at radius 2 is 2.00 bits per heavy atom. The molecule has 3 heteroatoms. The van der Waals surface area contributed by atoms with Crippen LogP contribution < -0.4 is 10.1 Å². The van der Waals surface area contributed by atoms with Gasteiger partial charge in [-0.05, 0) is 44.2 Å². The molecule has 0 amide bonds. The number of allylic oxidation sites excluding steroid dienone is 1. The van der Waals surface area contributed by atoms with Crippen LogP contribution in [0.4, 0.5) is 0 Å². The van der Waals surface area contributed by atoms with E-state index >= 15 is 0 Å². The molecule has 0 heterocycles. The number of rotatable bonds is 7. The van der Waals surface area contributed by atoms with Crippen molar-refractivity contribution < 1.29 is 4.74 Å². The molecule has 0 spiro atoms. The molecule has 0 aromatic heterocycles. The van der Waals surface area contributed by atoms with E-state index < -0.39 is 0 Å². The molecule has 1 aromatic rings. The van der Waals surface area contributed by atoms with E-state index in [1.165, 1.54) is 0 Å². The second-order valence-corrected chi connectivity index (χ2v) is 4.33. The van der Waals surface area contributed by atoms with Gasteiger partial charge < -0.3 is 10.1 Å². The van der Waals surface area contributed by atoms with Gasteiger partial charge in [0.25, 0.3) is 0 Å². The van der Waals surface area contributed by atoms with Crippen LogP contribution in [0.1, 0.15) is 13.3 Å². The van der Waals surface area contributed by atoms with Crippen LogP contribution >= 0.6 is 15.9 Å². The second-order valence-electron chi connectivity index (χ2n) is 3.41. The van der Waals surface area contributed by atoms with Gasteiger partial charge in [-0.1, -0.05) is 28.1 Å². The van der Waals surface area contributed by atoms with E-state index in [0.717, 1.165) is 29.7 Å². The van der Waals surface area contributed by atoms with Crippen LogP contribution in [0.25, 0.3) is 0 Å². The summed E-state index contributed by atoms with van der Waals surface area (Å²) < 4.78 is 6.64. The van der Waals surface area contributed by atoms with Gasteiger partial charge in [0.15, 0.2) is 0 Å². The molecule has 1 N–H and O–H groups in total. The van der Waals surface area contributed by atoms with Crippen molar-refractivity contribution in [1.82, 2.24) is 5.32 Å². The lowest BCUT2D eigenvalue weighted by atomic mass is 10.3. The van der Waals surface area contributed by atoms with Crippen molar-refractivity contribution in [3.8, 4) is 5.75 Å². The first-order valence-electron chi connectivity index (χ1n) is 5.53. The summed E-state index contributed by atoms with van der Waals surface area (Å²) in [5.74, 6) is 0.915. The van der Waals surface area contributed by atoms with Crippen molar-refractivity contribution in [3.63, 3.8) is 0 Å². The second kappa shape index (κ2) is 8.36. The summed E-state index contributed by atoms with van der Waals surface area (Å²) in [6.07, 6.45) is 5.30. The Labute approximate surface area is 106 Å². The Balaban J connectivity index is 2.05. The smallest absolute Gasteiger partial charge is 0.119 e. The molecule has 2 nitrogen and oxygen atoms in total. The summed E-state index contributed by atoms with van der Waals surface area (Å²) in [7, 11) is 0. The number of hydrogen-bond donors (Lipinski definition) is 1. The van der Waals surface area contributed by atoms with Crippen molar-refractivity contribution >= 4 is 15.9 Å². The Morgan fingerprint density at radius 3 is 2.69 bits per heavy atom. The topological polar surface area (TPSA) is 21.3 Å². The monoisotopic (exact) mass is 283 g/mol. The molecule has 0 aliphatic carbocycles. The lowest BCUT2D eigenvalue weighted by molar-refractivity contribution is 0.314. The van der Waals surface area contributed by atoms with Gasteiger partial charge >= 0.3 is 0 Å². The summed E-state index contributed by atoms with van der Waals surface area (Å²) in [6, 6.07) is 7.89. The molecule has 0 saturated carbocycles. The largest absolute Gasteiger partial charge is 0.492 e. The van der Waals surface area contributed by atoms with E-state index in [2.05, 4.69) is 33.4 Å². The number of benzene rings is 1. The predicted molar refractivity (Wildman–Crippen MR) is 71.9 cm³/mol. The minimum Gasteiger partial charge on any atom is -0.492 e. The van der Waals surface area contributed by atoms with Crippen LogP contribution in [-0.4, -0.2) is 19.7 Å². The fourth-order valence-electron chi connectivity index (χ4n) is 1.25. The summed E-state index contributed by atoms with van der Waals surface area (Å²) in [6.45, 7) is 4.63. The van der Waals surface area contributed by atoms with E-state index in [1.54, 1.807) is 0 Å². The summed E-state index contributed by atoms with van der Waals surface area (Å²) >= 11 is 3.39. The summed E-state index contributed by atoms with van der Waals surface area (Å²) in [4.78, 5) is 0. The standard InChI is InChI=1S/C13H18BrNO/c1-2-3-4-9-15-10-11-16-13-7-5-12(14)6-8-13/h2-3,5-8,15H,4,9-11H2,1H3/b3-2+. The molecular formula is C13H18BrNO. The molecule has 0 fully saturated rings. The SMILES string of the molecule is C/C=C/CCNCCOc1ccc(Br)cc1. The third-order valence-corrected chi connectivity index (χ3v) is 2.61. The molecule has 0 aliphatic heterocycles. The average molecular weight is 284 g/mol. The lowest BCUT2D eigenvalue weighted by Gasteiger charge is -2.06. The first-order chi connectivity index (χ1) is 7.83. The van der Waals surface area contributed by atoms with E-state index in [4.69, 9.17) is 4.74 Å². The van der Waals surface area contributed by atoms with Crippen LogP contribution in [0.15, 0.2) is 40.9 Å². The third kappa shape index (κ3) is 5.93. The molecule has 0 radical (unpaired) electrons. The predicted octanol–water partition coefficient (Wildman–Crippen LogP) is 3.38. The van der Waals surface area contributed by atoms with Crippen molar-refractivity contribution in [3.05, 3.63) is 40.9 Å². The maximum atomic E-state index is 5.57. The van der Waals surface area contributed by atoms with E-state index in [-0.39, 0.29) is 0 Å². The van der Waals surface area contributed by atoms with Gasteiger partial charge in [-0.2, -0.15) is 0 Å².